The lowest BCUT2D eigenvalue weighted by Gasteiger charge is -2.30. The van der Waals surface area contributed by atoms with Gasteiger partial charge in [-0.05, 0) is 64.6 Å². The number of nitrogens with zero attached hydrogens (tertiary/aromatic N) is 4. The number of aromatic nitrogens is 4. The molecule has 4 heterocycles. The molecular weight excluding hydrogens is 703 g/mol. The molecule has 286 valence electrons. The number of H-pyrrole nitrogens is 2. The largest absolute Gasteiger partial charge is 0.453 e. The van der Waals surface area contributed by atoms with Gasteiger partial charge < -0.3 is 29.8 Å². The Labute approximate surface area is 326 Å². The summed E-state index contributed by atoms with van der Waals surface area (Å²) < 4.78 is 4.77. The molecule has 0 saturated carbocycles. The van der Waals surface area contributed by atoms with E-state index in [2.05, 4.69) is 75.9 Å². The van der Waals surface area contributed by atoms with Crippen LogP contribution < -0.4 is 5.32 Å². The van der Waals surface area contributed by atoms with E-state index in [1.165, 1.54) is 7.11 Å². The van der Waals surface area contributed by atoms with Gasteiger partial charge in [0.15, 0.2) is 0 Å². The summed E-state index contributed by atoms with van der Waals surface area (Å²) in [4.78, 5) is 59.3. The second-order valence-electron chi connectivity index (χ2n) is 15.1. The van der Waals surface area contributed by atoms with Crippen molar-refractivity contribution < 1.29 is 19.1 Å². The maximum absolute atomic E-state index is 13.6. The van der Waals surface area contributed by atoms with Gasteiger partial charge in [0.1, 0.15) is 17.7 Å². The van der Waals surface area contributed by atoms with Gasteiger partial charge in [0, 0.05) is 18.7 Å². The quantitative estimate of drug-likeness (QED) is 0.129. The van der Waals surface area contributed by atoms with Gasteiger partial charge in [-0.2, -0.15) is 0 Å². The number of amides is 3. The fourth-order valence-corrected chi connectivity index (χ4v) is 8.32. The van der Waals surface area contributed by atoms with Gasteiger partial charge in [-0.1, -0.05) is 105 Å². The Morgan fingerprint density at radius 1 is 0.732 bits per heavy atom. The molecule has 56 heavy (non-hydrogen) atoms. The van der Waals surface area contributed by atoms with Crippen LogP contribution in [0.2, 0.25) is 0 Å². The molecule has 3 atom stereocenters. The predicted molar refractivity (Wildman–Crippen MR) is 216 cm³/mol. The van der Waals surface area contributed by atoms with Gasteiger partial charge in [0.2, 0.25) is 11.8 Å². The van der Waals surface area contributed by atoms with Gasteiger partial charge >= 0.3 is 6.09 Å². The minimum absolute atomic E-state index is 0.0675. The lowest BCUT2D eigenvalue weighted by atomic mass is 9.93. The first-order valence-corrected chi connectivity index (χ1v) is 19.5. The van der Waals surface area contributed by atoms with Crippen molar-refractivity contribution in [2.24, 2.45) is 5.92 Å². The molecule has 6 aromatic rings. The first-order chi connectivity index (χ1) is 27.3. The van der Waals surface area contributed by atoms with E-state index in [0.717, 1.165) is 93.9 Å². The van der Waals surface area contributed by atoms with Crippen LogP contribution in [0.3, 0.4) is 0 Å². The summed E-state index contributed by atoms with van der Waals surface area (Å²) in [6.07, 6.45) is 6.97. The molecule has 2 fully saturated rings. The van der Waals surface area contributed by atoms with E-state index >= 15 is 0 Å². The number of hydrogen-bond acceptors (Lipinski definition) is 6. The summed E-state index contributed by atoms with van der Waals surface area (Å²) in [7, 11) is 1.30. The minimum atomic E-state index is -0.683. The zero-order valence-electron chi connectivity index (χ0n) is 32.0. The number of ether oxygens (including phenoxy) is 1. The molecule has 3 N–H and O–H groups in total. The van der Waals surface area contributed by atoms with Crippen LogP contribution in [0.4, 0.5) is 4.79 Å². The van der Waals surface area contributed by atoms with E-state index in [1.807, 2.05) is 66.4 Å². The molecule has 3 unspecified atom stereocenters. The van der Waals surface area contributed by atoms with Crippen LogP contribution in [0.5, 0.6) is 0 Å². The second kappa shape index (κ2) is 15.9. The number of benzene rings is 4. The average Bonchev–Trinajstić information content (AvgIpc) is 4.07. The van der Waals surface area contributed by atoms with E-state index in [0.29, 0.717) is 13.0 Å². The summed E-state index contributed by atoms with van der Waals surface area (Å²) in [6, 6.07) is 30.1. The van der Waals surface area contributed by atoms with Gasteiger partial charge in [0.25, 0.3) is 0 Å². The highest BCUT2D eigenvalue weighted by molar-refractivity contribution is 6.04. The highest BCUT2D eigenvalue weighted by atomic mass is 16.5. The normalized spacial score (nSPS) is 17.4. The van der Waals surface area contributed by atoms with E-state index < -0.39 is 12.1 Å². The van der Waals surface area contributed by atoms with Crippen molar-refractivity contribution in [3.8, 4) is 33.6 Å². The summed E-state index contributed by atoms with van der Waals surface area (Å²) in [5.74, 6) is 1.46. The SMILES string of the molecule is COC(=O)NC(C(=O)N1CCCC1c1ncc(-c2ccc(-c3ccc(-c4cnc(C5CCCN5C(=O)Cc5ccccc5)[nH]4)c4ccccc34)cc2)[nH]1)C(C)C. The van der Waals surface area contributed by atoms with Crippen LogP contribution in [-0.4, -0.2) is 73.9 Å². The van der Waals surface area contributed by atoms with Crippen molar-refractivity contribution in [3.05, 3.63) is 121 Å². The molecule has 2 aliphatic heterocycles. The van der Waals surface area contributed by atoms with E-state index in [9.17, 15) is 14.4 Å². The fourth-order valence-electron chi connectivity index (χ4n) is 8.32. The third-order valence-electron chi connectivity index (χ3n) is 11.2. The third kappa shape index (κ3) is 7.28. The molecule has 8 rings (SSSR count). The second-order valence-corrected chi connectivity index (χ2v) is 15.1. The fraction of sp³-hybridized carbons (Fsp3) is 0.311. The number of likely N-dealkylation sites (tertiary alicyclic amines) is 2. The van der Waals surface area contributed by atoms with E-state index in [1.54, 1.807) is 0 Å². The summed E-state index contributed by atoms with van der Waals surface area (Å²) in [5, 5.41) is 4.95. The minimum Gasteiger partial charge on any atom is -0.453 e. The summed E-state index contributed by atoms with van der Waals surface area (Å²) >= 11 is 0. The molecule has 4 aromatic carbocycles. The number of nitrogens with one attached hydrogen (secondary N) is 3. The van der Waals surface area contributed by atoms with Gasteiger partial charge in [-0.25, -0.2) is 14.8 Å². The topological polar surface area (TPSA) is 136 Å². The Bertz CT molecular complexity index is 2350. The molecule has 11 heteroatoms. The Morgan fingerprint density at radius 2 is 1.30 bits per heavy atom. The summed E-state index contributed by atoms with van der Waals surface area (Å²) in [6.45, 7) is 5.16. The first-order valence-electron chi connectivity index (χ1n) is 19.5. The standard InChI is InChI=1S/C45H47N7O4/c1-28(2)41(50-45(55)56-3)44(54)52-24-10-16-39(52)43-46-26-36(48-43)31-19-17-30(18-20-31)32-21-22-35(34-14-8-7-13-33(32)34)37-27-47-42(49-37)38-15-9-23-51(38)40(53)25-29-11-5-4-6-12-29/h4-8,11-14,17-22,26-28,38-39,41H,9-10,15-16,23-25H2,1-3H3,(H,46,48)(H,47,49)(H,50,55). The third-order valence-corrected chi connectivity index (χ3v) is 11.2. The van der Waals surface area contributed by atoms with Crippen LogP contribution in [-0.2, 0) is 20.7 Å². The zero-order valence-corrected chi connectivity index (χ0v) is 32.0. The lowest BCUT2D eigenvalue weighted by Crippen LogP contribution is -2.51. The first kappa shape index (κ1) is 36.7. The Kier molecular flexibility index (Phi) is 10.4. The highest BCUT2D eigenvalue weighted by Crippen LogP contribution is 2.38. The highest BCUT2D eigenvalue weighted by Gasteiger charge is 2.37. The van der Waals surface area contributed by atoms with Gasteiger partial charge in [-0.3, -0.25) is 9.59 Å². The van der Waals surface area contributed by atoms with Gasteiger partial charge in [0.05, 0.1) is 49.4 Å². The van der Waals surface area contributed by atoms with Crippen molar-refractivity contribution >= 4 is 28.7 Å². The number of methoxy groups -OCH3 is 1. The number of aromatic amines is 2. The number of fused-ring (bicyclic) bond motifs is 1. The predicted octanol–water partition coefficient (Wildman–Crippen LogP) is 8.24. The molecule has 3 amide bonds. The summed E-state index contributed by atoms with van der Waals surface area (Å²) in [5.41, 5.74) is 7.08. The molecular formula is C45H47N7O4. The molecule has 11 nitrogen and oxygen atoms in total. The lowest BCUT2D eigenvalue weighted by molar-refractivity contribution is -0.135. The van der Waals surface area contributed by atoms with Crippen LogP contribution in [0.15, 0.2) is 103 Å². The molecule has 2 aromatic heterocycles. The van der Waals surface area contributed by atoms with E-state index in [-0.39, 0.29) is 29.8 Å². The van der Waals surface area contributed by atoms with E-state index in [4.69, 9.17) is 14.7 Å². The Balaban J connectivity index is 0.997. The van der Waals surface area contributed by atoms with Crippen molar-refractivity contribution in [2.45, 2.75) is 64.1 Å². The van der Waals surface area contributed by atoms with Crippen LogP contribution in [0.1, 0.15) is 68.8 Å². The molecule has 0 aliphatic carbocycles. The van der Waals surface area contributed by atoms with Gasteiger partial charge in [-0.15, -0.1) is 0 Å². The van der Waals surface area contributed by atoms with Crippen molar-refractivity contribution in [1.29, 1.82) is 0 Å². The number of hydrogen-bond donors (Lipinski definition) is 3. The number of carbonyl (C=O) groups excluding carboxylic acids is 3. The van der Waals surface area contributed by atoms with Crippen LogP contribution in [0, 0.1) is 5.92 Å². The Morgan fingerprint density at radius 3 is 1.98 bits per heavy atom. The Hall–Kier alpha value is -6.23. The van der Waals surface area contributed by atoms with Crippen LogP contribution >= 0.6 is 0 Å². The van der Waals surface area contributed by atoms with Crippen molar-refractivity contribution in [1.82, 2.24) is 35.1 Å². The number of rotatable bonds is 10. The van der Waals surface area contributed by atoms with Crippen LogP contribution in [0.25, 0.3) is 44.4 Å². The molecule has 0 bridgehead atoms. The number of alkyl carbamates (subject to hydrolysis) is 1. The van der Waals surface area contributed by atoms with Crippen molar-refractivity contribution in [2.75, 3.05) is 20.2 Å². The van der Waals surface area contributed by atoms with Crippen molar-refractivity contribution in [3.63, 3.8) is 0 Å². The average molecular weight is 750 g/mol. The zero-order chi connectivity index (χ0) is 38.8. The number of carbonyl (C=O) groups is 3. The molecule has 0 radical (unpaired) electrons. The smallest absolute Gasteiger partial charge is 0.407 e. The monoisotopic (exact) mass is 749 g/mol. The molecule has 2 saturated heterocycles. The maximum Gasteiger partial charge on any atom is 0.407 e. The maximum atomic E-state index is 13.6. The molecule has 0 spiro atoms. The number of imidazole rings is 2. The molecule has 2 aliphatic rings.